The molecule has 3 amide bonds. The van der Waals surface area contributed by atoms with Gasteiger partial charge in [0.1, 0.15) is 12.4 Å². The minimum atomic E-state index is -1.11. The van der Waals surface area contributed by atoms with Gasteiger partial charge in [0, 0.05) is 6.07 Å². The van der Waals surface area contributed by atoms with Gasteiger partial charge in [-0.3, -0.25) is 24.1 Å². The number of imide groups is 1. The highest BCUT2D eigenvalue weighted by Gasteiger charge is 2.37. The fraction of sp³-hybridized carbons (Fsp3) is 0.350. The van der Waals surface area contributed by atoms with E-state index < -0.39 is 36.3 Å². The Balaban J connectivity index is 1.59. The third-order valence-electron chi connectivity index (χ3n) is 4.77. The van der Waals surface area contributed by atoms with Gasteiger partial charge in [-0.1, -0.05) is 19.1 Å². The topological polar surface area (TPSA) is 111 Å². The summed E-state index contributed by atoms with van der Waals surface area (Å²) in [7, 11) is 0. The monoisotopic (exact) mass is 398 g/mol. The van der Waals surface area contributed by atoms with E-state index in [1.54, 1.807) is 29.1 Å². The van der Waals surface area contributed by atoms with Crippen LogP contribution in [-0.2, 0) is 14.3 Å². The maximum Gasteiger partial charge on any atom is 0.326 e. The van der Waals surface area contributed by atoms with Gasteiger partial charge in [0.15, 0.2) is 6.10 Å². The highest BCUT2D eigenvalue weighted by atomic mass is 16.5. The number of hydrogen-bond donors (Lipinski definition) is 1. The molecule has 2 aromatic rings. The molecule has 2 atom stereocenters. The maximum absolute atomic E-state index is 12.4. The van der Waals surface area contributed by atoms with Crippen LogP contribution in [0.15, 0.2) is 36.5 Å². The fourth-order valence-electron chi connectivity index (χ4n) is 2.97. The number of carbonyl (C=O) groups excluding carboxylic acids is 4. The molecule has 1 aliphatic rings. The van der Waals surface area contributed by atoms with Crippen LogP contribution in [0.2, 0.25) is 0 Å². The molecule has 3 rings (SSSR count). The van der Waals surface area contributed by atoms with E-state index in [-0.39, 0.29) is 17.2 Å². The van der Waals surface area contributed by atoms with Crippen molar-refractivity contribution < 1.29 is 23.9 Å². The molecule has 0 saturated carbocycles. The van der Waals surface area contributed by atoms with Crippen LogP contribution in [0.25, 0.3) is 0 Å². The molecule has 0 fully saturated rings. The second-order valence-corrected chi connectivity index (χ2v) is 6.78. The first-order chi connectivity index (χ1) is 13.8. The summed E-state index contributed by atoms with van der Waals surface area (Å²) in [6, 6.07) is 8.07. The first-order valence-corrected chi connectivity index (χ1v) is 9.32. The lowest BCUT2D eigenvalue weighted by atomic mass is 10.1. The van der Waals surface area contributed by atoms with Gasteiger partial charge in [-0.2, -0.15) is 5.10 Å². The van der Waals surface area contributed by atoms with Crippen LogP contribution in [0, 0.1) is 0 Å². The minimum absolute atomic E-state index is 0.0898. The van der Waals surface area contributed by atoms with Gasteiger partial charge in [-0.25, -0.2) is 4.68 Å². The summed E-state index contributed by atoms with van der Waals surface area (Å²) in [6.45, 7) is 4.82. The molecule has 1 aromatic heterocycles. The molecule has 1 aliphatic heterocycles. The number of fused-ring (bicyclic) bond motifs is 1. The molecule has 29 heavy (non-hydrogen) atoms. The molecular weight excluding hydrogens is 376 g/mol. The Morgan fingerprint density at radius 3 is 2.31 bits per heavy atom. The van der Waals surface area contributed by atoms with E-state index in [0.29, 0.717) is 5.82 Å². The first-order valence-electron chi connectivity index (χ1n) is 9.32. The molecule has 1 aromatic carbocycles. The molecule has 152 valence electrons. The van der Waals surface area contributed by atoms with Crippen molar-refractivity contribution >= 4 is 29.5 Å². The number of rotatable bonds is 7. The zero-order chi connectivity index (χ0) is 21.1. The van der Waals surface area contributed by atoms with E-state index in [1.165, 1.54) is 19.1 Å². The minimum Gasteiger partial charge on any atom is -0.451 e. The summed E-state index contributed by atoms with van der Waals surface area (Å²) in [5.41, 5.74) is 0.490. The summed E-state index contributed by atoms with van der Waals surface area (Å²) in [5.74, 6) is -2.01. The van der Waals surface area contributed by atoms with Crippen LogP contribution in [0.3, 0.4) is 0 Å². The highest BCUT2D eigenvalue weighted by molar-refractivity contribution is 6.22. The van der Waals surface area contributed by atoms with Crippen molar-refractivity contribution in [3.8, 4) is 0 Å². The molecule has 0 radical (unpaired) electrons. The van der Waals surface area contributed by atoms with Crippen LogP contribution in [-0.4, -0.2) is 51.0 Å². The Bertz CT molecular complexity index is 932. The SMILES string of the molecule is CC[C@H](C)n1nccc1NC(=O)[C@@H](C)OC(=O)CN1C(=O)c2ccccc2C1=O. The largest absolute Gasteiger partial charge is 0.451 e. The lowest BCUT2D eigenvalue weighted by Gasteiger charge is -2.18. The molecule has 0 bridgehead atoms. The van der Waals surface area contributed by atoms with E-state index in [0.717, 1.165) is 11.3 Å². The lowest BCUT2D eigenvalue weighted by molar-refractivity contribution is -0.153. The van der Waals surface area contributed by atoms with Gasteiger partial charge in [0.05, 0.1) is 23.4 Å². The van der Waals surface area contributed by atoms with Gasteiger partial charge in [0.25, 0.3) is 17.7 Å². The predicted octanol–water partition coefficient (Wildman–Crippen LogP) is 2.02. The molecule has 0 unspecified atom stereocenters. The maximum atomic E-state index is 12.4. The number of ether oxygens (including phenoxy) is 1. The van der Waals surface area contributed by atoms with E-state index >= 15 is 0 Å². The lowest BCUT2D eigenvalue weighted by Crippen LogP contribution is -2.38. The summed E-state index contributed by atoms with van der Waals surface area (Å²) < 4.78 is 6.79. The second-order valence-electron chi connectivity index (χ2n) is 6.78. The number of carbonyl (C=O) groups is 4. The number of nitrogens with one attached hydrogen (secondary N) is 1. The zero-order valence-corrected chi connectivity index (χ0v) is 16.4. The molecular formula is C20H22N4O5. The number of esters is 1. The summed E-state index contributed by atoms with van der Waals surface area (Å²) in [5, 5.41) is 6.85. The number of hydrogen-bond acceptors (Lipinski definition) is 6. The summed E-state index contributed by atoms with van der Waals surface area (Å²) in [4.78, 5) is 50.0. The van der Waals surface area contributed by atoms with E-state index in [1.807, 2.05) is 13.8 Å². The Labute approximate surface area is 167 Å². The molecule has 2 heterocycles. The first kappa shape index (κ1) is 20.2. The third kappa shape index (κ3) is 4.03. The average molecular weight is 398 g/mol. The van der Waals surface area contributed by atoms with Gasteiger partial charge in [-0.05, 0) is 32.4 Å². The van der Waals surface area contributed by atoms with Crippen LogP contribution in [0.1, 0.15) is 53.9 Å². The number of aromatic nitrogens is 2. The normalized spacial score (nSPS) is 15.1. The average Bonchev–Trinajstić information content (AvgIpc) is 3.26. The van der Waals surface area contributed by atoms with Crippen molar-refractivity contribution in [1.82, 2.24) is 14.7 Å². The Hall–Kier alpha value is -3.49. The van der Waals surface area contributed by atoms with Crippen LogP contribution in [0.4, 0.5) is 5.82 Å². The predicted molar refractivity (Wildman–Crippen MR) is 103 cm³/mol. The van der Waals surface area contributed by atoms with Crippen LogP contribution in [0.5, 0.6) is 0 Å². The highest BCUT2D eigenvalue weighted by Crippen LogP contribution is 2.22. The van der Waals surface area contributed by atoms with Crippen molar-refractivity contribution in [3.63, 3.8) is 0 Å². The third-order valence-corrected chi connectivity index (χ3v) is 4.77. The van der Waals surface area contributed by atoms with Gasteiger partial charge in [0.2, 0.25) is 0 Å². The zero-order valence-electron chi connectivity index (χ0n) is 16.4. The van der Waals surface area contributed by atoms with E-state index in [2.05, 4.69) is 10.4 Å². The van der Waals surface area contributed by atoms with Gasteiger partial charge >= 0.3 is 5.97 Å². The van der Waals surface area contributed by atoms with Crippen molar-refractivity contribution in [2.24, 2.45) is 0 Å². The van der Waals surface area contributed by atoms with Crippen LogP contribution < -0.4 is 5.32 Å². The fourth-order valence-corrected chi connectivity index (χ4v) is 2.97. The van der Waals surface area contributed by atoms with Crippen molar-refractivity contribution in [1.29, 1.82) is 0 Å². The summed E-state index contributed by atoms with van der Waals surface area (Å²) >= 11 is 0. The number of amides is 3. The van der Waals surface area contributed by atoms with Crippen LogP contribution >= 0.6 is 0 Å². The molecule has 0 spiro atoms. The van der Waals surface area contributed by atoms with Crippen molar-refractivity contribution in [3.05, 3.63) is 47.7 Å². The molecule has 0 aliphatic carbocycles. The Kier molecular flexibility index (Phi) is 5.76. The number of anilines is 1. The van der Waals surface area contributed by atoms with E-state index in [9.17, 15) is 19.2 Å². The summed E-state index contributed by atoms with van der Waals surface area (Å²) in [6.07, 6.45) is 1.29. The Morgan fingerprint density at radius 2 is 1.72 bits per heavy atom. The standard InChI is InChI=1S/C20H22N4O5/c1-4-12(2)24-16(9-10-21-24)22-18(26)13(3)29-17(25)11-23-19(27)14-7-5-6-8-15(14)20(23)28/h5-10,12-13H,4,11H2,1-3H3,(H,22,26)/t12-,13+/m0/s1. The van der Waals surface area contributed by atoms with Gasteiger partial charge in [-0.15, -0.1) is 0 Å². The van der Waals surface area contributed by atoms with Gasteiger partial charge < -0.3 is 10.1 Å². The number of benzene rings is 1. The number of nitrogens with zero attached hydrogens (tertiary/aromatic N) is 3. The van der Waals surface area contributed by atoms with Crippen molar-refractivity contribution in [2.45, 2.75) is 39.3 Å². The Morgan fingerprint density at radius 1 is 1.10 bits per heavy atom. The second kappa shape index (κ2) is 8.26. The quantitative estimate of drug-likeness (QED) is 0.564. The molecule has 1 N–H and O–H groups in total. The van der Waals surface area contributed by atoms with E-state index in [4.69, 9.17) is 4.74 Å². The molecule has 0 saturated heterocycles. The molecule has 9 nitrogen and oxygen atoms in total. The van der Waals surface area contributed by atoms with Crippen molar-refractivity contribution in [2.75, 3.05) is 11.9 Å². The molecule has 9 heteroatoms. The smallest absolute Gasteiger partial charge is 0.326 e.